The summed E-state index contributed by atoms with van der Waals surface area (Å²) in [6.07, 6.45) is 22.5. The Morgan fingerprint density at radius 1 is 0.487 bits per heavy atom. The van der Waals surface area contributed by atoms with Gasteiger partial charge in [-0.1, -0.05) is 38.0 Å². The quantitative estimate of drug-likeness (QED) is 0.165. The highest BCUT2D eigenvalue weighted by atomic mass is 14.9. The minimum Gasteiger partial charge on any atom is -0.208 e. The molecule has 0 aliphatic heterocycles. The van der Waals surface area contributed by atoms with Crippen molar-refractivity contribution in [3.63, 3.8) is 0 Å². The number of unbranched alkanes of at least 4 members (excludes halogenated alkanes) is 3. The van der Waals surface area contributed by atoms with Crippen LogP contribution in [0.4, 0.5) is 0 Å². The van der Waals surface area contributed by atoms with Crippen molar-refractivity contribution in [3.8, 4) is 22.3 Å². The average molecular weight is 517 g/mol. The second kappa shape index (κ2) is 13.1. The van der Waals surface area contributed by atoms with E-state index in [4.69, 9.17) is 0 Å². The molecule has 0 aliphatic rings. The molecule has 0 N–H and O–H groups in total. The van der Waals surface area contributed by atoms with Crippen molar-refractivity contribution in [2.24, 2.45) is 7.05 Å². The van der Waals surface area contributed by atoms with Crippen LogP contribution in [0.5, 0.6) is 0 Å². The summed E-state index contributed by atoms with van der Waals surface area (Å²) in [6.45, 7) is 5.07. The Bertz CT molecular complexity index is 1460. The van der Waals surface area contributed by atoms with Crippen LogP contribution in [-0.4, -0.2) is 0 Å². The second-order valence-corrected chi connectivity index (χ2v) is 10.5. The van der Waals surface area contributed by atoms with Gasteiger partial charge in [0, 0.05) is 66.1 Å². The third-order valence-corrected chi connectivity index (χ3v) is 7.31. The zero-order valence-corrected chi connectivity index (χ0v) is 23.3. The van der Waals surface area contributed by atoms with Gasteiger partial charge in [0.05, 0.1) is 0 Å². The van der Waals surface area contributed by atoms with E-state index in [9.17, 15) is 0 Å². The van der Waals surface area contributed by atoms with Gasteiger partial charge in [-0.05, 0) is 34.7 Å². The molecule has 0 amide bonds. The van der Waals surface area contributed by atoms with E-state index in [2.05, 4.69) is 148 Å². The van der Waals surface area contributed by atoms with Gasteiger partial charge in [-0.15, -0.1) is 0 Å². The highest BCUT2D eigenvalue weighted by molar-refractivity contribution is 5.61. The molecular formula is C35H40N4+4. The molecule has 0 saturated heterocycles. The molecule has 0 fully saturated rings. The summed E-state index contributed by atoms with van der Waals surface area (Å²) >= 11 is 0. The first-order valence-corrected chi connectivity index (χ1v) is 14.2. The van der Waals surface area contributed by atoms with E-state index in [1.54, 1.807) is 0 Å². The maximum atomic E-state index is 2.31. The number of pyridine rings is 4. The number of hydrogen-bond acceptors (Lipinski definition) is 0. The largest absolute Gasteiger partial charge is 0.208 e. The van der Waals surface area contributed by atoms with Gasteiger partial charge in [-0.25, -0.2) is 18.3 Å². The van der Waals surface area contributed by atoms with Gasteiger partial charge in [0.2, 0.25) is 0 Å². The molecule has 0 aliphatic carbocycles. The first-order chi connectivity index (χ1) is 19.2. The fourth-order valence-corrected chi connectivity index (χ4v) is 4.97. The number of aryl methyl sites for hydroxylation is 2. The summed E-state index contributed by atoms with van der Waals surface area (Å²) in [7, 11) is 2.04. The van der Waals surface area contributed by atoms with Crippen LogP contribution in [0.3, 0.4) is 0 Å². The lowest BCUT2D eigenvalue weighted by Gasteiger charge is -2.04. The van der Waals surface area contributed by atoms with E-state index in [0.717, 1.165) is 19.6 Å². The molecule has 196 valence electrons. The van der Waals surface area contributed by atoms with E-state index in [1.807, 2.05) is 7.05 Å². The predicted octanol–water partition coefficient (Wildman–Crippen LogP) is 5.38. The topological polar surface area (TPSA) is 15.5 Å². The lowest BCUT2D eigenvalue weighted by atomic mass is 10.1. The fourth-order valence-electron chi connectivity index (χ4n) is 4.97. The molecule has 0 spiro atoms. The third-order valence-electron chi connectivity index (χ3n) is 7.31. The van der Waals surface area contributed by atoms with Crippen molar-refractivity contribution in [1.29, 1.82) is 0 Å². The Kier molecular flexibility index (Phi) is 8.85. The third kappa shape index (κ3) is 7.44. The first-order valence-electron chi connectivity index (χ1n) is 14.2. The molecule has 4 aromatic heterocycles. The molecule has 4 nitrogen and oxygen atoms in total. The lowest BCUT2D eigenvalue weighted by Crippen LogP contribution is -2.34. The summed E-state index contributed by atoms with van der Waals surface area (Å²) in [6, 6.07) is 26.5. The maximum absolute atomic E-state index is 2.31. The number of rotatable bonds is 11. The van der Waals surface area contributed by atoms with E-state index < -0.39 is 0 Å². The van der Waals surface area contributed by atoms with Crippen molar-refractivity contribution in [1.82, 2.24) is 0 Å². The Labute approximate surface area is 233 Å². The summed E-state index contributed by atoms with van der Waals surface area (Å²) in [5.74, 6) is 0. The molecule has 0 atom stereocenters. The van der Waals surface area contributed by atoms with Crippen LogP contribution in [0, 0.1) is 0 Å². The molecule has 0 saturated carbocycles. The number of benzene rings is 1. The van der Waals surface area contributed by atoms with Crippen molar-refractivity contribution < 1.29 is 18.3 Å². The van der Waals surface area contributed by atoms with Crippen LogP contribution in [0.1, 0.15) is 43.7 Å². The van der Waals surface area contributed by atoms with Crippen LogP contribution in [0.2, 0.25) is 0 Å². The van der Waals surface area contributed by atoms with Crippen molar-refractivity contribution in [3.05, 3.63) is 133 Å². The number of aromatic nitrogens is 4. The lowest BCUT2D eigenvalue weighted by molar-refractivity contribution is -0.697. The Hall–Kier alpha value is -4.18. The first kappa shape index (κ1) is 26.4. The van der Waals surface area contributed by atoms with Gasteiger partial charge in [0.15, 0.2) is 62.7 Å². The molecular weight excluding hydrogens is 476 g/mol. The van der Waals surface area contributed by atoms with Crippen LogP contribution < -0.4 is 18.3 Å². The minimum absolute atomic E-state index is 0.855. The van der Waals surface area contributed by atoms with Gasteiger partial charge in [0.1, 0.15) is 13.6 Å². The molecule has 0 bridgehead atoms. The molecule has 4 heteroatoms. The molecule has 39 heavy (non-hydrogen) atoms. The molecule has 4 heterocycles. The van der Waals surface area contributed by atoms with Crippen LogP contribution in [0.25, 0.3) is 22.3 Å². The van der Waals surface area contributed by atoms with Crippen molar-refractivity contribution >= 4 is 0 Å². The zero-order chi connectivity index (χ0) is 26.9. The summed E-state index contributed by atoms with van der Waals surface area (Å²) in [5, 5.41) is 0. The summed E-state index contributed by atoms with van der Waals surface area (Å²) < 4.78 is 8.84. The Balaban J connectivity index is 1.18. The minimum atomic E-state index is 0.855. The van der Waals surface area contributed by atoms with Crippen molar-refractivity contribution in [2.45, 2.75) is 52.2 Å². The van der Waals surface area contributed by atoms with E-state index in [-0.39, 0.29) is 0 Å². The molecule has 1 aromatic carbocycles. The van der Waals surface area contributed by atoms with E-state index >= 15 is 0 Å². The predicted molar refractivity (Wildman–Crippen MR) is 154 cm³/mol. The molecule has 0 radical (unpaired) electrons. The maximum Gasteiger partial charge on any atom is 0.173 e. The molecule has 0 unspecified atom stereocenters. The normalized spacial score (nSPS) is 11.0. The average Bonchev–Trinajstić information content (AvgIpc) is 2.97. The van der Waals surface area contributed by atoms with E-state index in [0.29, 0.717) is 0 Å². The van der Waals surface area contributed by atoms with Crippen LogP contribution in [-0.2, 0) is 26.7 Å². The van der Waals surface area contributed by atoms with Gasteiger partial charge >= 0.3 is 0 Å². The molecule has 5 aromatic rings. The smallest absolute Gasteiger partial charge is 0.173 e. The number of hydrogen-bond donors (Lipinski definition) is 0. The van der Waals surface area contributed by atoms with Crippen molar-refractivity contribution in [2.75, 3.05) is 0 Å². The SMILES string of the molecule is CCCCCC[n+]1ccc(-c2cc[n+](Cc3cccc(C[n+]4ccc(-c5cc[n+](C)cc5)cc4)c3)cc2)cc1. The summed E-state index contributed by atoms with van der Waals surface area (Å²) in [4.78, 5) is 0. The zero-order valence-electron chi connectivity index (χ0n) is 23.3. The standard InChI is InChI=1S/C35H40N4/c1-3-4-5-6-18-37-21-12-33(13-22-37)35-16-25-39(26-17-35)29-31-9-7-8-30(27-31)28-38-23-14-34(15-24-38)32-10-19-36(2)20-11-32/h7-17,19-27H,3-6,18,28-29H2,1-2H3/q+4. The highest BCUT2D eigenvalue weighted by Crippen LogP contribution is 2.17. The summed E-state index contributed by atoms with van der Waals surface area (Å²) in [5.41, 5.74) is 7.60. The van der Waals surface area contributed by atoms with Gasteiger partial charge < -0.3 is 0 Å². The number of nitrogens with zero attached hydrogens (tertiary/aromatic N) is 4. The monoisotopic (exact) mass is 516 g/mol. The fraction of sp³-hybridized carbons (Fsp3) is 0.257. The van der Waals surface area contributed by atoms with E-state index in [1.165, 1.54) is 59.1 Å². The van der Waals surface area contributed by atoms with Gasteiger partial charge in [-0.3, -0.25) is 0 Å². The van der Waals surface area contributed by atoms with Crippen LogP contribution >= 0.6 is 0 Å². The molecule has 5 rings (SSSR count). The van der Waals surface area contributed by atoms with Gasteiger partial charge in [0.25, 0.3) is 0 Å². The Morgan fingerprint density at radius 2 is 0.923 bits per heavy atom. The highest BCUT2D eigenvalue weighted by Gasteiger charge is 2.10. The Morgan fingerprint density at radius 3 is 1.38 bits per heavy atom. The van der Waals surface area contributed by atoms with Crippen LogP contribution in [0.15, 0.2) is 122 Å². The second-order valence-electron chi connectivity index (χ2n) is 10.5. The van der Waals surface area contributed by atoms with Gasteiger partial charge in [-0.2, -0.15) is 0 Å².